The molecule has 5 nitrogen and oxygen atoms in total. The van der Waals surface area contributed by atoms with Crippen LogP contribution in [0.3, 0.4) is 0 Å². The molecule has 4 aromatic rings. The Bertz CT molecular complexity index is 965. The summed E-state index contributed by atoms with van der Waals surface area (Å²) < 4.78 is 8.44. The van der Waals surface area contributed by atoms with Crippen molar-refractivity contribution in [2.75, 3.05) is 5.32 Å². The molecule has 0 aliphatic rings. The maximum Gasteiger partial charge on any atom is 0.166 e. The third kappa shape index (κ3) is 1.99. The fraction of sp³-hybridized carbons (Fsp3) is 0.250. The molecule has 0 bridgehead atoms. The molecule has 112 valence electrons. The fourth-order valence-corrected chi connectivity index (χ4v) is 4.12. The minimum Gasteiger partial charge on any atom is -0.467 e. The lowest BCUT2D eigenvalue weighted by Gasteiger charge is -2.00. The summed E-state index contributed by atoms with van der Waals surface area (Å²) in [4.78, 5) is 5.74. The van der Waals surface area contributed by atoms with Crippen LogP contribution >= 0.6 is 11.3 Å². The Morgan fingerprint density at radius 1 is 1.36 bits per heavy atom. The highest BCUT2D eigenvalue weighted by atomic mass is 32.1. The van der Waals surface area contributed by atoms with Crippen LogP contribution in [0.1, 0.15) is 17.0 Å². The van der Waals surface area contributed by atoms with Gasteiger partial charge in [0.1, 0.15) is 10.6 Å². The molecule has 0 spiro atoms. The van der Waals surface area contributed by atoms with Crippen molar-refractivity contribution in [2.24, 2.45) is 7.05 Å². The molecule has 0 saturated carbocycles. The Morgan fingerprint density at radius 3 is 3.00 bits per heavy atom. The molecule has 0 amide bonds. The van der Waals surface area contributed by atoms with E-state index in [-0.39, 0.29) is 0 Å². The molecule has 0 fully saturated rings. The Hall–Kier alpha value is -2.34. The van der Waals surface area contributed by atoms with Gasteiger partial charge in [0.25, 0.3) is 0 Å². The van der Waals surface area contributed by atoms with E-state index in [1.165, 1.54) is 10.9 Å². The van der Waals surface area contributed by atoms with Crippen LogP contribution in [0, 0.1) is 13.8 Å². The van der Waals surface area contributed by atoms with E-state index in [2.05, 4.69) is 28.4 Å². The van der Waals surface area contributed by atoms with Crippen molar-refractivity contribution in [1.29, 1.82) is 0 Å². The Kier molecular flexibility index (Phi) is 2.94. The normalized spacial score (nSPS) is 11.6. The van der Waals surface area contributed by atoms with Gasteiger partial charge >= 0.3 is 0 Å². The van der Waals surface area contributed by atoms with Crippen molar-refractivity contribution in [2.45, 2.75) is 20.4 Å². The third-order valence-electron chi connectivity index (χ3n) is 3.76. The number of fused-ring (bicyclic) bond motifs is 3. The molecule has 1 N–H and O–H groups in total. The number of hydrogen-bond donors (Lipinski definition) is 1. The van der Waals surface area contributed by atoms with Crippen LogP contribution in [0.25, 0.3) is 20.4 Å². The number of nitrogens with zero attached hydrogens (tertiary/aromatic N) is 3. The summed E-state index contributed by atoms with van der Waals surface area (Å²) in [6, 6.07) is 5.96. The van der Waals surface area contributed by atoms with E-state index in [0.29, 0.717) is 6.54 Å². The highest BCUT2D eigenvalue weighted by molar-refractivity contribution is 7.26. The Morgan fingerprint density at radius 2 is 2.23 bits per heavy atom. The molecule has 0 aliphatic heterocycles. The highest BCUT2D eigenvalue weighted by Crippen LogP contribution is 2.38. The SMILES string of the molecule is Cc1cc(C)c2c(n1)sc1c(NCc3ccco3)nn(C)c12. The number of thiophene rings is 1. The zero-order valence-corrected chi connectivity index (χ0v) is 13.5. The first-order chi connectivity index (χ1) is 10.6. The van der Waals surface area contributed by atoms with Crippen molar-refractivity contribution in [3.63, 3.8) is 0 Å². The molecule has 0 saturated heterocycles. The van der Waals surface area contributed by atoms with Crippen molar-refractivity contribution < 1.29 is 4.42 Å². The number of nitrogens with one attached hydrogen (secondary N) is 1. The van der Waals surface area contributed by atoms with Crippen LogP contribution in [0.15, 0.2) is 28.9 Å². The van der Waals surface area contributed by atoms with Gasteiger partial charge in [-0.05, 0) is 37.6 Å². The molecular weight excluding hydrogens is 296 g/mol. The number of aromatic nitrogens is 3. The molecule has 4 aromatic heterocycles. The molecule has 0 atom stereocenters. The summed E-state index contributed by atoms with van der Waals surface area (Å²) in [5, 5.41) is 9.17. The first kappa shape index (κ1) is 13.3. The van der Waals surface area contributed by atoms with Gasteiger partial charge in [0.2, 0.25) is 0 Å². The minimum absolute atomic E-state index is 0.624. The second-order valence-electron chi connectivity index (χ2n) is 5.45. The van der Waals surface area contributed by atoms with E-state index in [1.54, 1.807) is 17.6 Å². The zero-order valence-electron chi connectivity index (χ0n) is 12.7. The predicted octanol–water partition coefficient (Wildman–Crippen LogP) is 4.00. The number of aryl methyl sites for hydroxylation is 3. The van der Waals surface area contributed by atoms with Gasteiger partial charge in [-0.2, -0.15) is 5.10 Å². The second-order valence-corrected chi connectivity index (χ2v) is 6.44. The van der Waals surface area contributed by atoms with Crippen LogP contribution in [0.2, 0.25) is 0 Å². The lowest BCUT2D eigenvalue weighted by atomic mass is 10.1. The van der Waals surface area contributed by atoms with E-state index in [0.717, 1.165) is 32.3 Å². The molecule has 0 unspecified atom stereocenters. The predicted molar refractivity (Wildman–Crippen MR) is 89.4 cm³/mol. The van der Waals surface area contributed by atoms with Crippen LogP contribution in [-0.2, 0) is 13.6 Å². The van der Waals surface area contributed by atoms with Crippen molar-refractivity contribution >= 4 is 37.6 Å². The lowest BCUT2D eigenvalue weighted by Crippen LogP contribution is -2.00. The van der Waals surface area contributed by atoms with Gasteiger partial charge in [-0.1, -0.05) is 0 Å². The molecule has 22 heavy (non-hydrogen) atoms. The smallest absolute Gasteiger partial charge is 0.166 e. The monoisotopic (exact) mass is 312 g/mol. The van der Waals surface area contributed by atoms with Crippen LogP contribution < -0.4 is 5.32 Å². The maximum absolute atomic E-state index is 5.36. The average Bonchev–Trinajstić information content (AvgIpc) is 3.14. The Balaban J connectivity index is 1.84. The maximum atomic E-state index is 5.36. The van der Waals surface area contributed by atoms with Gasteiger partial charge in [0, 0.05) is 18.1 Å². The van der Waals surface area contributed by atoms with Crippen molar-refractivity contribution in [1.82, 2.24) is 14.8 Å². The molecule has 4 heterocycles. The van der Waals surface area contributed by atoms with Gasteiger partial charge in [-0.3, -0.25) is 4.68 Å². The Labute approximate surface area is 131 Å². The second kappa shape index (κ2) is 4.84. The zero-order chi connectivity index (χ0) is 15.3. The number of furan rings is 1. The lowest BCUT2D eigenvalue weighted by molar-refractivity contribution is 0.517. The van der Waals surface area contributed by atoms with Crippen LogP contribution in [-0.4, -0.2) is 14.8 Å². The van der Waals surface area contributed by atoms with Crippen LogP contribution in [0.4, 0.5) is 5.82 Å². The van der Waals surface area contributed by atoms with E-state index < -0.39 is 0 Å². The summed E-state index contributed by atoms with van der Waals surface area (Å²) in [5.41, 5.74) is 3.44. The van der Waals surface area contributed by atoms with E-state index in [4.69, 9.17) is 4.42 Å². The summed E-state index contributed by atoms with van der Waals surface area (Å²) >= 11 is 1.69. The first-order valence-electron chi connectivity index (χ1n) is 7.13. The number of pyridine rings is 1. The molecule has 0 aliphatic carbocycles. The standard InChI is InChI=1S/C16H16N4OS/c1-9-7-10(2)18-16-12(9)13-14(22-16)15(19-20(13)3)17-8-11-5-4-6-21-11/h4-7H,8H2,1-3H3,(H,17,19). The van der Waals surface area contributed by atoms with Crippen molar-refractivity contribution in [3.05, 3.63) is 41.5 Å². The number of rotatable bonds is 3. The van der Waals surface area contributed by atoms with E-state index in [1.807, 2.05) is 30.8 Å². The largest absolute Gasteiger partial charge is 0.467 e. The first-order valence-corrected chi connectivity index (χ1v) is 7.95. The third-order valence-corrected chi connectivity index (χ3v) is 4.84. The fourth-order valence-electron chi connectivity index (χ4n) is 2.84. The minimum atomic E-state index is 0.624. The number of hydrogen-bond acceptors (Lipinski definition) is 5. The van der Waals surface area contributed by atoms with Gasteiger partial charge in [0.05, 0.1) is 23.0 Å². The number of anilines is 1. The van der Waals surface area contributed by atoms with Crippen molar-refractivity contribution in [3.8, 4) is 0 Å². The van der Waals surface area contributed by atoms with Gasteiger partial charge in [0.15, 0.2) is 5.82 Å². The quantitative estimate of drug-likeness (QED) is 0.621. The van der Waals surface area contributed by atoms with E-state index in [9.17, 15) is 0 Å². The summed E-state index contributed by atoms with van der Waals surface area (Å²) in [5.74, 6) is 1.78. The highest BCUT2D eigenvalue weighted by Gasteiger charge is 2.17. The van der Waals surface area contributed by atoms with Gasteiger partial charge in [-0.25, -0.2) is 4.98 Å². The molecular formula is C16H16N4OS. The molecule has 0 radical (unpaired) electrons. The molecule has 4 rings (SSSR count). The van der Waals surface area contributed by atoms with Gasteiger partial charge in [-0.15, -0.1) is 11.3 Å². The summed E-state index contributed by atoms with van der Waals surface area (Å²) in [6.07, 6.45) is 1.68. The van der Waals surface area contributed by atoms with Crippen LogP contribution in [0.5, 0.6) is 0 Å². The molecule has 6 heteroatoms. The topological polar surface area (TPSA) is 55.9 Å². The van der Waals surface area contributed by atoms with E-state index >= 15 is 0 Å². The molecule has 0 aromatic carbocycles. The summed E-state index contributed by atoms with van der Waals surface area (Å²) in [7, 11) is 1.98. The average molecular weight is 312 g/mol. The van der Waals surface area contributed by atoms with Gasteiger partial charge < -0.3 is 9.73 Å². The summed E-state index contributed by atoms with van der Waals surface area (Å²) in [6.45, 7) is 4.79.